The minimum absolute atomic E-state index is 0.0901. The van der Waals surface area contributed by atoms with E-state index in [1.54, 1.807) is 38.1 Å². The number of nitro groups is 1. The van der Waals surface area contributed by atoms with Crippen LogP contribution in [-0.2, 0) is 4.79 Å². The van der Waals surface area contributed by atoms with E-state index < -0.39 is 16.4 Å². The molecule has 0 amide bonds. The molecule has 2 N–H and O–H groups in total. The van der Waals surface area contributed by atoms with E-state index in [0.717, 1.165) is 12.1 Å². The zero-order chi connectivity index (χ0) is 17.9. The Hall–Kier alpha value is -3.15. The van der Waals surface area contributed by atoms with Gasteiger partial charge in [0.05, 0.1) is 4.92 Å². The van der Waals surface area contributed by atoms with Gasteiger partial charge in [0.2, 0.25) is 0 Å². The number of hydrogen-bond donors (Lipinski definition) is 2. The number of carbonyl (C=O) groups excluding carboxylic acids is 1. The molecule has 6 heteroatoms. The van der Waals surface area contributed by atoms with Crippen molar-refractivity contribution in [1.29, 1.82) is 0 Å². The quantitative estimate of drug-likeness (QED) is 0.377. The Morgan fingerprint density at radius 2 is 1.75 bits per heavy atom. The Kier molecular flexibility index (Phi) is 4.99. The van der Waals surface area contributed by atoms with Crippen LogP contribution in [0, 0.1) is 16.0 Å². The topological polar surface area (TPSA) is 101 Å². The summed E-state index contributed by atoms with van der Waals surface area (Å²) in [5.41, 5.74) is 0.531. The molecule has 0 spiro atoms. The first-order chi connectivity index (χ1) is 11.3. The first-order valence-corrected chi connectivity index (χ1v) is 7.33. The monoisotopic (exact) mass is 327 g/mol. The minimum Gasteiger partial charge on any atom is -0.507 e. The fourth-order valence-corrected chi connectivity index (χ4v) is 2.22. The zero-order valence-electron chi connectivity index (χ0n) is 13.3. The number of phenolic OH excluding ortho intramolecular Hbond substituents is 2. The predicted molar refractivity (Wildman–Crippen MR) is 90.6 cm³/mol. The number of benzene rings is 2. The second-order valence-corrected chi connectivity index (χ2v) is 5.60. The SMILES string of the molecule is CC(C)C(=O)C(=Cc1cc([N+](=O)[O-])c(O)cc1O)c1ccccc1. The number of hydrogen-bond acceptors (Lipinski definition) is 5. The molecule has 0 saturated heterocycles. The lowest BCUT2D eigenvalue weighted by Gasteiger charge is -2.11. The number of carbonyl (C=O) groups is 1. The molecule has 0 heterocycles. The molecular weight excluding hydrogens is 310 g/mol. The molecule has 0 aliphatic carbocycles. The molecule has 24 heavy (non-hydrogen) atoms. The standard InChI is InChI=1S/C18H17NO5/c1-11(2)18(22)14(12-6-4-3-5-7-12)8-13-9-15(19(23)24)17(21)10-16(13)20/h3-11,20-21H,1-2H3. The number of ketones is 1. The van der Waals surface area contributed by atoms with Crippen LogP contribution >= 0.6 is 0 Å². The first kappa shape index (κ1) is 17.2. The lowest BCUT2D eigenvalue weighted by Crippen LogP contribution is -2.09. The van der Waals surface area contributed by atoms with Gasteiger partial charge in [-0.2, -0.15) is 0 Å². The summed E-state index contributed by atoms with van der Waals surface area (Å²) in [6.07, 6.45) is 1.40. The molecule has 124 valence electrons. The largest absolute Gasteiger partial charge is 0.507 e. The molecular formula is C18H17NO5. The third-order valence-corrected chi connectivity index (χ3v) is 3.50. The highest BCUT2D eigenvalue weighted by Crippen LogP contribution is 2.35. The molecule has 0 aliphatic rings. The summed E-state index contributed by atoms with van der Waals surface area (Å²) < 4.78 is 0. The van der Waals surface area contributed by atoms with E-state index >= 15 is 0 Å². The minimum atomic E-state index is -0.751. The molecule has 0 aliphatic heterocycles. The van der Waals surface area contributed by atoms with Crippen LogP contribution in [0.1, 0.15) is 25.0 Å². The zero-order valence-corrected chi connectivity index (χ0v) is 13.3. The highest BCUT2D eigenvalue weighted by Gasteiger charge is 2.20. The van der Waals surface area contributed by atoms with Crippen LogP contribution in [0.5, 0.6) is 11.5 Å². The van der Waals surface area contributed by atoms with Gasteiger partial charge in [-0.15, -0.1) is 0 Å². The van der Waals surface area contributed by atoms with E-state index in [1.807, 2.05) is 6.07 Å². The predicted octanol–water partition coefficient (Wildman–Crippen LogP) is 3.77. The summed E-state index contributed by atoms with van der Waals surface area (Å²) in [6.45, 7) is 3.50. The second kappa shape index (κ2) is 6.95. The summed E-state index contributed by atoms with van der Waals surface area (Å²) in [4.78, 5) is 22.7. The van der Waals surface area contributed by atoms with Crippen molar-refractivity contribution in [3.05, 3.63) is 63.7 Å². The number of allylic oxidation sites excluding steroid dienone is 1. The molecule has 2 aromatic rings. The molecule has 2 aromatic carbocycles. The summed E-state index contributed by atoms with van der Waals surface area (Å²) in [7, 11) is 0. The van der Waals surface area contributed by atoms with E-state index in [0.29, 0.717) is 11.1 Å². The van der Waals surface area contributed by atoms with E-state index in [1.165, 1.54) is 6.08 Å². The average Bonchev–Trinajstić information content (AvgIpc) is 2.54. The number of phenols is 2. The lowest BCUT2D eigenvalue weighted by atomic mass is 9.93. The summed E-state index contributed by atoms with van der Waals surface area (Å²) >= 11 is 0. The maximum absolute atomic E-state index is 12.5. The van der Waals surface area contributed by atoms with Crippen molar-refractivity contribution in [1.82, 2.24) is 0 Å². The van der Waals surface area contributed by atoms with Gasteiger partial charge < -0.3 is 10.2 Å². The molecule has 0 aromatic heterocycles. The Balaban J connectivity index is 2.65. The molecule has 0 radical (unpaired) electrons. The lowest BCUT2D eigenvalue weighted by molar-refractivity contribution is -0.385. The van der Waals surface area contributed by atoms with Gasteiger partial charge in [0, 0.05) is 29.2 Å². The van der Waals surface area contributed by atoms with Gasteiger partial charge in [-0.05, 0) is 11.6 Å². The van der Waals surface area contributed by atoms with E-state index in [9.17, 15) is 25.1 Å². The summed E-state index contributed by atoms with van der Waals surface area (Å²) in [5, 5.41) is 30.5. The maximum atomic E-state index is 12.5. The van der Waals surface area contributed by atoms with E-state index in [-0.39, 0.29) is 23.0 Å². The van der Waals surface area contributed by atoms with Gasteiger partial charge in [-0.25, -0.2) is 0 Å². The Morgan fingerprint density at radius 3 is 2.29 bits per heavy atom. The molecule has 0 fully saturated rings. The van der Waals surface area contributed by atoms with Crippen LogP contribution in [0.3, 0.4) is 0 Å². The van der Waals surface area contributed by atoms with Crippen LogP contribution in [0.2, 0.25) is 0 Å². The molecule has 0 atom stereocenters. The van der Waals surface area contributed by atoms with Crippen LogP contribution in [0.25, 0.3) is 11.6 Å². The van der Waals surface area contributed by atoms with E-state index in [4.69, 9.17) is 0 Å². The van der Waals surface area contributed by atoms with Crippen LogP contribution < -0.4 is 0 Å². The number of nitro benzene ring substituents is 1. The normalized spacial score (nSPS) is 11.5. The Morgan fingerprint density at radius 1 is 1.12 bits per heavy atom. The van der Waals surface area contributed by atoms with Crippen LogP contribution in [0.4, 0.5) is 5.69 Å². The van der Waals surface area contributed by atoms with Crippen LogP contribution in [-0.4, -0.2) is 20.9 Å². The maximum Gasteiger partial charge on any atom is 0.311 e. The van der Waals surface area contributed by atoms with E-state index in [2.05, 4.69) is 0 Å². The average molecular weight is 327 g/mol. The van der Waals surface area contributed by atoms with Gasteiger partial charge in [0.25, 0.3) is 0 Å². The van der Waals surface area contributed by atoms with Crippen molar-refractivity contribution in [3.8, 4) is 11.5 Å². The van der Waals surface area contributed by atoms with Crippen molar-refractivity contribution in [3.63, 3.8) is 0 Å². The Labute approximate surface area is 138 Å². The van der Waals surface area contributed by atoms with Gasteiger partial charge >= 0.3 is 5.69 Å². The molecule has 0 unspecified atom stereocenters. The van der Waals surface area contributed by atoms with Gasteiger partial charge in [0.15, 0.2) is 11.5 Å². The van der Waals surface area contributed by atoms with Crippen LogP contribution in [0.15, 0.2) is 42.5 Å². The van der Waals surface area contributed by atoms with Gasteiger partial charge in [-0.3, -0.25) is 14.9 Å². The van der Waals surface area contributed by atoms with Crippen molar-refractivity contribution in [2.45, 2.75) is 13.8 Å². The summed E-state index contributed by atoms with van der Waals surface area (Å²) in [5.74, 6) is -1.42. The van der Waals surface area contributed by atoms with Crippen molar-refractivity contribution in [2.75, 3.05) is 0 Å². The van der Waals surface area contributed by atoms with Crippen molar-refractivity contribution in [2.24, 2.45) is 5.92 Å². The highest BCUT2D eigenvalue weighted by atomic mass is 16.6. The van der Waals surface area contributed by atoms with Crippen molar-refractivity contribution < 1.29 is 19.9 Å². The molecule has 2 rings (SSSR count). The smallest absolute Gasteiger partial charge is 0.311 e. The fourth-order valence-electron chi connectivity index (χ4n) is 2.22. The number of nitrogens with zero attached hydrogens (tertiary/aromatic N) is 1. The third-order valence-electron chi connectivity index (χ3n) is 3.50. The number of rotatable bonds is 5. The highest BCUT2D eigenvalue weighted by molar-refractivity contribution is 6.26. The Bertz CT molecular complexity index is 810. The third kappa shape index (κ3) is 3.60. The van der Waals surface area contributed by atoms with Crippen molar-refractivity contribution >= 4 is 23.1 Å². The van der Waals surface area contributed by atoms with Gasteiger partial charge in [0.1, 0.15) is 5.75 Å². The number of Topliss-reactive ketones (excluding diaryl/α,β-unsaturated/α-hetero) is 1. The first-order valence-electron chi connectivity index (χ1n) is 7.33. The fraction of sp³-hybridized carbons (Fsp3) is 0.167. The molecule has 0 bridgehead atoms. The molecule has 0 saturated carbocycles. The molecule has 6 nitrogen and oxygen atoms in total. The summed E-state index contributed by atoms with van der Waals surface area (Å²) in [6, 6.07) is 10.8. The number of aromatic hydroxyl groups is 2. The van der Waals surface area contributed by atoms with Gasteiger partial charge in [-0.1, -0.05) is 44.2 Å². The second-order valence-electron chi connectivity index (χ2n) is 5.60.